The second-order valence-electron chi connectivity index (χ2n) is 6.61. The highest BCUT2D eigenvalue weighted by Gasteiger charge is 2.20. The summed E-state index contributed by atoms with van der Waals surface area (Å²) in [6.07, 6.45) is 0. The zero-order valence-corrected chi connectivity index (χ0v) is 16.1. The number of rotatable bonds is 4. The van der Waals surface area contributed by atoms with E-state index in [1.807, 2.05) is 49.4 Å². The molecule has 1 aromatic heterocycles. The minimum atomic E-state index is -0.421. The number of fused-ring (bicyclic) bond motifs is 1. The summed E-state index contributed by atoms with van der Waals surface area (Å²) in [4.78, 5) is 26.3. The molecular weight excluding hydrogens is 366 g/mol. The van der Waals surface area contributed by atoms with Crippen LogP contribution in [-0.4, -0.2) is 13.0 Å². The van der Waals surface area contributed by atoms with Gasteiger partial charge in [-0.25, -0.2) is 0 Å². The van der Waals surface area contributed by atoms with Crippen LogP contribution in [0.3, 0.4) is 0 Å². The maximum absolute atomic E-state index is 13.3. The standard InChI is InChI=1S/C24H19NO4/c1-15-9-8-13-18-21(26)20(16-10-4-3-5-11-16)24(29-22(15)18)25-23(27)17-12-6-7-14-19(17)28-2/h3-14H,1-2H3,(H,25,27). The zero-order valence-electron chi connectivity index (χ0n) is 16.1. The molecule has 4 rings (SSSR count). The van der Waals surface area contributed by atoms with Gasteiger partial charge in [-0.15, -0.1) is 0 Å². The average Bonchev–Trinajstić information content (AvgIpc) is 2.75. The molecule has 1 amide bonds. The lowest BCUT2D eigenvalue weighted by atomic mass is 10.0. The van der Waals surface area contributed by atoms with Gasteiger partial charge in [0.2, 0.25) is 11.3 Å². The van der Waals surface area contributed by atoms with E-state index in [2.05, 4.69) is 5.32 Å². The van der Waals surface area contributed by atoms with E-state index in [1.165, 1.54) is 7.11 Å². The Morgan fingerprint density at radius 3 is 2.41 bits per heavy atom. The highest BCUT2D eigenvalue weighted by atomic mass is 16.5. The summed E-state index contributed by atoms with van der Waals surface area (Å²) in [7, 11) is 1.50. The lowest BCUT2D eigenvalue weighted by Crippen LogP contribution is -2.17. The summed E-state index contributed by atoms with van der Waals surface area (Å²) in [5.41, 5.74) is 2.39. The third-order valence-corrected chi connectivity index (χ3v) is 4.76. The number of anilines is 1. The van der Waals surface area contributed by atoms with Gasteiger partial charge in [0.15, 0.2) is 0 Å². The minimum absolute atomic E-state index is 0.110. The van der Waals surface area contributed by atoms with Crippen LogP contribution in [0.15, 0.2) is 82.0 Å². The van der Waals surface area contributed by atoms with Gasteiger partial charge in [0, 0.05) is 0 Å². The van der Waals surface area contributed by atoms with Gasteiger partial charge in [-0.2, -0.15) is 0 Å². The first kappa shape index (κ1) is 18.5. The highest BCUT2D eigenvalue weighted by molar-refractivity contribution is 6.07. The molecule has 0 radical (unpaired) electrons. The Morgan fingerprint density at radius 2 is 1.66 bits per heavy atom. The number of ether oxygens (including phenoxy) is 1. The van der Waals surface area contributed by atoms with Crippen molar-refractivity contribution < 1.29 is 13.9 Å². The van der Waals surface area contributed by atoms with Crippen LogP contribution in [0, 0.1) is 6.92 Å². The molecule has 4 aromatic rings. The maximum atomic E-state index is 13.3. The smallest absolute Gasteiger partial charge is 0.261 e. The number of para-hydroxylation sites is 2. The van der Waals surface area contributed by atoms with Crippen molar-refractivity contribution in [1.82, 2.24) is 0 Å². The molecule has 0 spiro atoms. The molecular formula is C24H19NO4. The van der Waals surface area contributed by atoms with Gasteiger partial charge >= 0.3 is 0 Å². The predicted molar refractivity (Wildman–Crippen MR) is 114 cm³/mol. The molecule has 0 aliphatic heterocycles. The summed E-state index contributed by atoms with van der Waals surface area (Å²) in [6, 6.07) is 21.4. The Kier molecular flexibility index (Phi) is 4.87. The molecule has 0 aliphatic rings. The molecule has 5 heteroatoms. The van der Waals surface area contributed by atoms with Crippen LogP contribution in [-0.2, 0) is 0 Å². The lowest BCUT2D eigenvalue weighted by Gasteiger charge is -2.13. The molecule has 0 atom stereocenters. The van der Waals surface area contributed by atoms with Crippen LogP contribution in [0.1, 0.15) is 15.9 Å². The Bertz CT molecular complexity index is 1260. The summed E-state index contributed by atoms with van der Waals surface area (Å²) >= 11 is 0. The van der Waals surface area contributed by atoms with Crippen LogP contribution < -0.4 is 15.5 Å². The molecule has 5 nitrogen and oxygen atoms in total. The number of hydrogen-bond acceptors (Lipinski definition) is 4. The molecule has 0 aliphatic carbocycles. The average molecular weight is 385 g/mol. The number of carbonyl (C=O) groups is 1. The van der Waals surface area contributed by atoms with Crippen molar-refractivity contribution in [3.05, 3.63) is 94.1 Å². The van der Waals surface area contributed by atoms with E-state index in [0.717, 1.165) is 5.56 Å². The van der Waals surface area contributed by atoms with Crippen LogP contribution in [0.5, 0.6) is 5.75 Å². The first-order chi connectivity index (χ1) is 14.1. The van der Waals surface area contributed by atoms with Gasteiger partial charge in [0.25, 0.3) is 5.91 Å². The topological polar surface area (TPSA) is 68.5 Å². The van der Waals surface area contributed by atoms with E-state index in [0.29, 0.717) is 33.4 Å². The second-order valence-corrected chi connectivity index (χ2v) is 6.61. The molecule has 3 aromatic carbocycles. The third kappa shape index (κ3) is 3.38. The van der Waals surface area contributed by atoms with Crippen molar-refractivity contribution in [2.24, 2.45) is 0 Å². The Morgan fingerprint density at radius 1 is 0.931 bits per heavy atom. The minimum Gasteiger partial charge on any atom is -0.496 e. The molecule has 1 heterocycles. The summed E-state index contributed by atoms with van der Waals surface area (Å²) < 4.78 is 11.3. The molecule has 144 valence electrons. The van der Waals surface area contributed by atoms with Crippen LogP contribution in [0.4, 0.5) is 5.88 Å². The molecule has 0 bridgehead atoms. The highest BCUT2D eigenvalue weighted by Crippen LogP contribution is 2.30. The molecule has 1 N–H and O–H groups in total. The number of nitrogens with one attached hydrogen (secondary N) is 1. The Balaban J connectivity index is 1.92. The van der Waals surface area contributed by atoms with Crippen molar-refractivity contribution in [2.75, 3.05) is 12.4 Å². The molecule has 0 saturated carbocycles. The molecule has 0 fully saturated rings. The first-order valence-corrected chi connectivity index (χ1v) is 9.16. The van der Waals surface area contributed by atoms with E-state index in [-0.39, 0.29) is 11.3 Å². The molecule has 0 unspecified atom stereocenters. The van der Waals surface area contributed by atoms with Crippen LogP contribution in [0.25, 0.3) is 22.1 Å². The summed E-state index contributed by atoms with van der Waals surface area (Å²) in [6.45, 7) is 1.86. The van der Waals surface area contributed by atoms with E-state index in [1.54, 1.807) is 30.3 Å². The van der Waals surface area contributed by atoms with E-state index < -0.39 is 5.91 Å². The van der Waals surface area contributed by atoms with Crippen molar-refractivity contribution in [3.63, 3.8) is 0 Å². The Labute approximate surface area is 167 Å². The van der Waals surface area contributed by atoms with E-state index in [9.17, 15) is 9.59 Å². The monoisotopic (exact) mass is 385 g/mol. The van der Waals surface area contributed by atoms with Gasteiger partial charge in [-0.1, -0.05) is 54.6 Å². The van der Waals surface area contributed by atoms with Crippen molar-refractivity contribution in [1.29, 1.82) is 0 Å². The normalized spacial score (nSPS) is 10.7. The van der Waals surface area contributed by atoms with Gasteiger partial charge in [0.1, 0.15) is 11.3 Å². The predicted octanol–water partition coefficient (Wildman–Crippen LogP) is 5.03. The van der Waals surface area contributed by atoms with Crippen molar-refractivity contribution in [2.45, 2.75) is 6.92 Å². The number of carbonyl (C=O) groups excluding carboxylic acids is 1. The fourth-order valence-corrected chi connectivity index (χ4v) is 3.32. The number of hydrogen-bond donors (Lipinski definition) is 1. The SMILES string of the molecule is COc1ccccc1C(=O)Nc1oc2c(C)cccc2c(=O)c1-c1ccccc1. The van der Waals surface area contributed by atoms with Gasteiger partial charge in [-0.05, 0) is 36.2 Å². The molecule has 0 saturated heterocycles. The number of methoxy groups -OCH3 is 1. The van der Waals surface area contributed by atoms with Crippen molar-refractivity contribution in [3.8, 4) is 16.9 Å². The quantitative estimate of drug-likeness (QED) is 0.535. The van der Waals surface area contributed by atoms with Crippen molar-refractivity contribution >= 4 is 22.8 Å². The van der Waals surface area contributed by atoms with Gasteiger partial charge < -0.3 is 9.15 Å². The van der Waals surface area contributed by atoms with Gasteiger partial charge in [0.05, 0.1) is 23.6 Å². The number of benzene rings is 3. The summed E-state index contributed by atoms with van der Waals surface area (Å²) in [5, 5.41) is 3.25. The van der Waals surface area contributed by atoms with E-state index >= 15 is 0 Å². The first-order valence-electron chi connectivity index (χ1n) is 9.16. The lowest BCUT2D eigenvalue weighted by molar-refractivity contribution is 0.102. The summed E-state index contributed by atoms with van der Waals surface area (Å²) in [5.74, 6) is 0.125. The van der Waals surface area contributed by atoms with Crippen LogP contribution in [0.2, 0.25) is 0 Å². The Hall–Kier alpha value is -3.86. The fraction of sp³-hybridized carbons (Fsp3) is 0.0833. The van der Waals surface area contributed by atoms with E-state index in [4.69, 9.17) is 9.15 Å². The maximum Gasteiger partial charge on any atom is 0.261 e. The second kappa shape index (κ2) is 7.64. The largest absolute Gasteiger partial charge is 0.496 e. The third-order valence-electron chi connectivity index (χ3n) is 4.76. The number of aryl methyl sites for hydroxylation is 1. The van der Waals surface area contributed by atoms with Gasteiger partial charge in [-0.3, -0.25) is 14.9 Å². The molecule has 29 heavy (non-hydrogen) atoms. The fourth-order valence-electron chi connectivity index (χ4n) is 3.32. The van der Waals surface area contributed by atoms with Crippen LogP contribution >= 0.6 is 0 Å². The number of amides is 1. The zero-order chi connectivity index (χ0) is 20.4.